The van der Waals surface area contributed by atoms with Crippen molar-refractivity contribution in [3.8, 4) is 0 Å². The Morgan fingerprint density at radius 1 is 1.04 bits per heavy atom. The van der Waals surface area contributed by atoms with E-state index in [9.17, 15) is 4.79 Å². The third kappa shape index (κ3) is 6.56. The fourth-order valence-corrected chi connectivity index (χ4v) is 3.94. The summed E-state index contributed by atoms with van der Waals surface area (Å²) in [5, 5.41) is 3.47. The van der Waals surface area contributed by atoms with E-state index in [1.807, 2.05) is 0 Å². The van der Waals surface area contributed by atoms with E-state index in [2.05, 4.69) is 70.5 Å². The van der Waals surface area contributed by atoms with Gasteiger partial charge in [-0.15, -0.1) is 0 Å². The first-order chi connectivity index (χ1) is 11.5. The second-order valence-corrected chi connectivity index (χ2v) is 9.47. The minimum Gasteiger partial charge on any atom is -0.340 e. The highest BCUT2D eigenvalue weighted by Gasteiger charge is 2.40. The van der Waals surface area contributed by atoms with Crippen LogP contribution in [0.3, 0.4) is 0 Å². The Hall–Kier alpha value is -0.610. The number of carbonyl (C=O) groups excluding carboxylic acids is 1. The van der Waals surface area contributed by atoms with E-state index in [0.29, 0.717) is 17.9 Å². The van der Waals surface area contributed by atoms with Crippen molar-refractivity contribution in [2.45, 2.75) is 74.3 Å². The highest BCUT2D eigenvalue weighted by atomic mass is 16.2. The molecule has 0 saturated carbocycles. The normalized spacial score (nSPS) is 19.5. The molecule has 1 rings (SSSR count). The smallest absolute Gasteiger partial charge is 0.228 e. The molecule has 1 heterocycles. The van der Waals surface area contributed by atoms with Crippen molar-refractivity contribution in [2.24, 2.45) is 16.7 Å². The number of amides is 1. The van der Waals surface area contributed by atoms with Gasteiger partial charge < -0.3 is 10.2 Å². The third-order valence-corrected chi connectivity index (χ3v) is 6.27. The van der Waals surface area contributed by atoms with E-state index >= 15 is 0 Å². The standard InChI is InChI=1S/C21H43N3O/c1-9-21(8,17(2)3)16-20(6,7)19(25)24-14-12-23(13-15-24)11-10-22-18(4)5/h17-18,22H,9-16H2,1-8H3. The van der Waals surface area contributed by atoms with Crippen LogP contribution in [0.2, 0.25) is 0 Å². The van der Waals surface area contributed by atoms with Gasteiger partial charge in [0.15, 0.2) is 0 Å². The molecule has 4 nitrogen and oxygen atoms in total. The molecule has 0 bridgehead atoms. The van der Waals surface area contributed by atoms with Crippen LogP contribution in [0.1, 0.15) is 68.2 Å². The van der Waals surface area contributed by atoms with Gasteiger partial charge in [0.05, 0.1) is 0 Å². The Morgan fingerprint density at radius 2 is 1.60 bits per heavy atom. The van der Waals surface area contributed by atoms with Gasteiger partial charge in [-0.05, 0) is 17.8 Å². The van der Waals surface area contributed by atoms with Crippen molar-refractivity contribution in [1.29, 1.82) is 0 Å². The SMILES string of the molecule is CCC(C)(CC(C)(C)C(=O)N1CCN(CCNC(C)C)CC1)C(C)C. The quantitative estimate of drug-likeness (QED) is 0.688. The highest BCUT2D eigenvalue weighted by molar-refractivity contribution is 5.82. The third-order valence-electron chi connectivity index (χ3n) is 6.27. The molecule has 1 N–H and O–H groups in total. The van der Waals surface area contributed by atoms with Crippen LogP contribution in [0.5, 0.6) is 0 Å². The number of nitrogens with zero attached hydrogens (tertiary/aromatic N) is 2. The zero-order chi connectivity index (χ0) is 19.3. The van der Waals surface area contributed by atoms with Crippen molar-refractivity contribution >= 4 is 5.91 Å². The first kappa shape index (κ1) is 22.4. The fourth-order valence-electron chi connectivity index (χ4n) is 3.94. The van der Waals surface area contributed by atoms with Gasteiger partial charge >= 0.3 is 0 Å². The largest absolute Gasteiger partial charge is 0.340 e. The van der Waals surface area contributed by atoms with Gasteiger partial charge in [-0.1, -0.05) is 61.8 Å². The zero-order valence-corrected chi connectivity index (χ0v) is 18.1. The molecule has 1 amide bonds. The molecule has 1 atom stereocenters. The lowest BCUT2D eigenvalue weighted by Gasteiger charge is -2.43. The Balaban J connectivity index is 2.54. The lowest BCUT2D eigenvalue weighted by molar-refractivity contribution is -0.144. The van der Waals surface area contributed by atoms with Crippen LogP contribution in [0.25, 0.3) is 0 Å². The average molecular weight is 354 g/mol. The van der Waals surface area contributed by atoms with Gasteiger partial charge in [-0.3, -0.25) is 9.69 Å². The van der Waals surface area contributed by atoms with Crippen molar-refractivity contribution in [2.75, 3.05) is 39.3 Å². The van der Waals surface area contributed by atoms with Gasteiger partial charge in [-0.2, -0.15) is 0 Å². The summed E-state index contributed by atoms with van der Waals surface area (Å²) in [6, 6.07) is 0.539. The van der Waals surface area contributed by atoms with Crippen LogP contribution in [-0.4, -0.2) is 61.0 Å². The van der Waals surface area contributed by atoms with Gasteiger partial charge in [0.1, 0.15) is 0 Å². The molecule has 0 radical (unpaired) electrons. The summed E-state index contributed by atoms with van der Waals surface area (Å²) >= 11 is 0. The second kappa shape index (κ2) is 9.36. The molecule has 1 aliphatic heterocycles. The first-order valence-corrected chi connectivity index (χ1v) is 10.3. The van der Waals surface area contributed by atoms with Crippen molar-refractivity contribution in [1.82, 2.24) is 15.1 Å². The molecule has 1 unspecified atom stereocenters. The summed E-state index contributed by atoms with van der Waals surface area (Å²) < 4.78 is 0. The monoisotopic (exact) mass is 353 g/mol. The Kier molecular flexibility index (Phi) is 8.40. The molecule has 0 aromatic carbocycles. The van der Waals surface area contributed by atoms with E-state index in [1.165, 1.54) is 0 Å². The van der Waals surface area contributed by atoms with Crippen LogP contribution in [-0.2, 0) is 4.79 Å². The van der Waals surface area contributed by atoms with Gasteiger partial charge in [0, 0.05) is 50.7 Å². The number of nitrogens with one attached hydrogen (secondary N) is 1. The second-order valence-electron chi connectivity index (χ2n) is 9.47. The van der Waals surface area contributed by atoms with E-state index < -0.39 is 0 Å². The molecule has 0 aliphatic carbocycles. The first-order valence-electron chi connectivity index (χ1n) is 10.3. The van der Waals surface area contributed by atoms with E-state index in [4.69, 9.17) is 0 Å². The van der Waals surface area contributed by atoms with Crippen molar-refractivity contribution in [3.63, 3.8) is 0 Å². The van der Waals surface area contributed by atoms with Crippen LogP contribution in [0.15, 0.2) is 0 Å². The number of rotatable bonds is 9. The Labute approximate surface area is 156 Å². The van der Waals surface area contributed by atoms with Gasteiger partial charge in [0.2, 0.25) is 5.91 Å². The molecule has 1 fully saturated rings. The number of piperazine rings is 1. The van der Waals surface area contributed by atoms with Crippen LogP contribution < -0.4 is 5.32 Å². The molecule has 25 heavy (non-hydrogen) atoms. The molecular formula is C21H43N3O. The lowest BCUT2D eigenvalue weighted by Crippen LogP contribution is -2.53. The summed E-state index contributed by atoms with van der Waals surface area (Å²) in [7, 11) is 0. The summed E-state index contributed by atoms with van der Waals surface area (Å²) in [5.74, 6) is 0.933. The van der Waals surface area contributed by atoms with E-state index in [1.54, 1.807) is 0 Å². The minimum absolute atomic E-state index is 0.226. The molecule has 0 spiro atoms. The summed E-state index contributed by atoms with van der Waals surface area (Å²) in [6.45, 7) is 23.6. The van der Waals surface area contributed by atoms with Gasteiger partial charge in [0.25, 0.3) is 0 Å². The summed E-state index contributed by atoms with van der Waals surface area (Å²) in [6.07, 6.45) is 2.09. The highest BCUT2D eigenvalue weighted by Crippen LogP contribution is 2.42. The van der Waals surface area contributed by atoms with Crippen LogP contribution in [0, 0.1) is 16.7 Å². The topological polar surface area (TPSA) is 35.6 Å². The maximum absolute atomic E-state index is 13.1. The maximum atomic E-state index is 13.1. The molecule has 4 heteroatoms. The van der Waals surface area contributed by atoms with E-state index in [-0.39, 0.29) is 10.8 Å². The number of hydrogen-bond acceptors (Lipinski definition) is 3. The van der Waals surface area contributed by atoms with Gasteiger partial charge in [-0.25, -0.2) is 0 Å². The molecule has 1 saturated heterocycles. The molecule has 1 aliphatic rings. The number of hydrogen-bond donors (Lipinski definition) is 1. The summed E-state index contributed by atoms with van der Waals surface area (Å²) in [4.78, 5) is 17.7. The zero-order valence-electron chi connectivity index (χ0n) is 18.1. The average Bonchev–Trinajstić information content (AvgIpc) is 2.53. The molecule has 0 aromatic heterocycles. The van der Waals surface area contributed by atoms with Crippen molar-refractivity contribution < 1.29 is 4.79 Å². The van der Waals surface area contributed by atoms with Crippen LogP contribution >= 0.6 is 0 Å². The fraction of sp³-hybridized carbons (Fsp3) is 0.952. The molecule has 148 valence electrons. The van der Waals surface area contributed by atoms with E-state index in [0.717, 1.165) is 52.1 Å². The van der Waals surface area contributed by atoms with Crippen molar-refractivity contribution in [3.05, 3.63) is 0 Å². The minimum atomic E-state index is -0.281. The Morgan fingerprint density at radius 3 is 2.04 bits per heavy atom. The number of carbonyl (C=O) groups is 1. The maximum Gasteiger partial charge on any atom is 0.228 e. The predicted molar refractivity (Wildman–Crippen MR) is 108 cm³/mol. The lowest BCUT2D eigenvalue weighted by atomic mass is 9.66. The molecule has 0 aromatic rings. The Bertz CT molecular complexity index is 411. The van der Waals surface area contributed by atoms with Crippen LogP contribution in [0.4, 0.5) is 0 Å². The summed E-state index contributed by atoms with van der Waals surface area (Å²) in [5.41, 5.74) is -0.0557. The predicted octanol–water partition coefficient (Wildman–Crippen LogP) is 3.62. The molecular weight excluding hydrogens is 310 g/mol.